The molecular weight excluding hydrogens is 344 g/mol. The van der Waals surface area contributed by atoms with E-state index in [0.29, 0.717) is 47.3 Å². The normalized spacial score (nSPS) is 13.3. The number of allylic oxidation sites excluding steroid dienone is 1. The van der Waals surface area contributed by atoms with Crippen molar-refractivity contribution in [3.05, 3.63) is 47.0 Å². The molecule has 1 aliphatic heterocycles. The maximum absolute atomic E-state index is 12.9. The Hall–Kier alpha value is -3.15. The number of nitrogens with zero attached hydrogens (tertiary/aromatic N) is 1. The Balaban J connectivity index is 1.95. The lowest BCUT2D eigenvalue weighted by Gasteiger charge is -2.20. The molecule has 0 aromatic heterocycles. The van der Waals surface area contributed by atoms with Crippen LogP contribution in [0.3, 0.4) is 0 Å². The summed E-state index contributed by atoms with van der Waals surface area (Å²) in [5, 5.41) is 0. The number of carbonyl (C=O) groups is 1. The smallest absolute Gasteiger partial charge is 0.188 e. The van der Waals surface area contributed by atoms with E-state index in [0.717, 1.165) is 11.3 Å². The highest BCUT2D eigenvalue weighted by Gasteiger charge is 2.17. The van der Waals surface area contributed by atoms with Gasteiger partial charge in [-0.05, 0) is 42.8 Å². The van der Waals surface area contributed by atoms with E-state index in [1.54, 1.807) is 44.4 Å². The highest BCUT2D eigenvalue weighted by Crippen LogP contribution is 2.37. The second-order valence-corrected chi connectivity index (χ2v) is 6.56. The second-order valence-electron chi connectivity index (χ2n) is 6.56. The molecule has 0 aliphatic carbocycles. The molecule has 27 heavy (non-hydrogen) atoms. The number of anilines is 2. The molecule has 142 valence electrons. The zero-order chi connectivity index (χ0) is 19.6. The van der Waals surface area contributed by atoms with Gasteiger partial charge in [0, 0.05) is 31.3 Å². The van der Waals surface area contributed by atoms with Crippen molar-refractivity contribution >= 4 is 23.2 Å². The van der Waals surface area contributed by atoms with Crippen LogP contribution in [0.5, 0.6) is 17.2 Å². The molecule has 1 heterocycles. The third-order valence-corrected chi connectivity index (χ3v) is 4.40. The number of nitrogen functional groups attached to an aromatic ring is 1. The predicted molar refractivity (Wildman–Crippen MR) is 107 cm³/mol. The van der Waals surface area contributed by atoms with Gasteiger partial charge in [0.1, 0.15) is 19.0 Å². The summed E-state index contributed by atoms with van der Waals surface area (Å²) in [5.74, 6) is 1.84. The Bertz CT molecular complexity index is 903. The molecule has 6 heteroatoms. The van der Waals surface area contributed by atoms with E-state index in [-0.39, 0.29) is 5.78 Å². The maximum Gasteiger partial charge on any atom is 0.188 e. The van der Waals surface area contributed by atoms with Crippen LogP contribution in [0.4, 0.5) is 11.4 Å². The molecule has 0 atom stereocenters. The van der Waals surface area contributed by atoms with E-state index < -0.39 is 0 Å². The summed E-state index contributed by atoms with van der Waals surface area (Å²) in [6.07, 6.45) is 1.80. The average Bonchev–Trinajstić information content (AvgIpc) is 2.66. The molecule has 2 aromatic rings. The maximum atomic E-state index is 12.9. The molecule has 3 rings (SSSR count). The first-order valence-corrected chi connectivity index (χ1v) is 8.68. The van der Waals surface area contributed by atoms with Gasteiger partial charge in [-0.3, -0.25) is 4.79 Å². The van der Waals surface area contributed by atoms with Gasteiger partial charge in [0.2, 0.25) is 0 Å². The van der Waals surface area contributed by atoms with Gasteiger partial charge in [-0.1, -0.05) is 0 Å². The third-order valence-electron chi connectivity index (χ3n) is 4.40. The lowest BCUT2D eigenvalue weighted by atomic mass is 10.0. The van der Waals surface area contributed by atoms with Crippen LogP contribution >= 0.6 is 0 Å². The van der Waals surface area contributed by atoms with E-state index in [4.69, 9.17) is 19.9 Å². The topological polar surface area (TPSA) is 74.0 Å². The van der Waals surface area contributed by atoms with E-state index in [2.05, 4.69) is 0 Å². The summed E-state index contributed by atoms with van der Waals surface area (Å²) in [6.45, 7) is 2.79. The number of ketones is 1. The van der Waals surface area contributed by atoms with Crippen LogP contribution < -0.4 is 24.8 Å². The van der Waals surface area contributed by atoms with Gasteiger partial charge in [0.05, 0.1) is 18.5 Å². The highest BCUT2D eigenvalue weighted by atomic mass is 16.6. The van der Waals surface area contributed by atoms with E-state index >= 15 is 0 Å². The van der Waals surface area contributed by atoms with Gasteiger partial charge in [0.15, 0.2) is 17.3 Å². The largest absolute Gasteiger partial charge is 0.496 e. The Morgan fingerprint density at radius 3 is 2.44 bits per heavy atom. The van der Waals surface area contributed by atoms with Crippen LogP contribution in [0.25, 0.3) is 6.08 Å². The van der Waals surface area contributed by atoms with Crippen LogP contribution in [0.15, 0.2) is 35.9 Å². The minimum absolute atomic E-state index is 0.0740. The SMILES string of the molecule is COc1cc2c(cc1C=C(C)C(=O)c1ccc(N)c(N(C)C)c1)OCCO2. The molecule has 0 saturated carbocycles. The number of nitrogens with two attached hydrogens (primary N) is 1. The first-order chi connectivity index (χ1) is 12.9. The molecule has 0 bridgehead atoms. The number of Topliss-reactive ketones (excluding diaryl/α,β-unsaturated/α-hetero) is 1. The molecular formula is C21H24N2O4. The predicted octanol–water partition coefficient (Wildman–Crippen LogP) is 3.40. The molecule has 0 fully saturated rings. The van der Waals surface area contributed by atoms with Crippen LogP contribution in [0.1, 0.15) is 22.8 Å². The second kappa shape index (κ2) is 7.61. The Labute approximate surface area is 159 Å². The summed E-state index contributed by atoms with van der Waals surface area (Å²) in [7, 11) is 5.37. The fourth-order valence-electron chi connectivity index (χ4n) is 2.97. The van der Waals surface area contributed by atoms with E-state index in [1.807, 2.05) is 25.1 Å². The first kappa shape index (κ1) is 18.6. The summed E-state index contributed by atoms with van der Waals surface area (Å²) in [6, 6.07) is 8.91. The van der Waals surface area contributed by atoms with Crippen molar-refractivity contribution in [2.75, 3.05) is 45.1 Å². The minimum Gasteiger partial charge on any atom is -0.496 e. The van der Waals surface area contributed by atoms with Gasteiger partial charge < -0.3 is 24.8 Å². The highest BCUT2D eigenvalue weighted by molar-refractivity contribution is 6.11. The summed E-state index contributed by atoms with van der Waals surface area (Å²) in [4.78, 5) is 14.8. The lowest BCUT2D eigenvalue weighted by molar-refractivity contribution is 0.103. The zero-order valence-corrected chi connectivity index (χ0v) is 16.0. The van der Waals surface area contributed by atoms with Crippen LogP contribution in [-0.2, 0) is 0 Å². The number of ether oxygens (including phenoxy) is 3. The van der Waals surface area contributed by atoms with Crippen LogP contribution in [0.2, 0.25) is 0 Å². The van der Waals surface area contributed by atoms with E-state index in [9.17, 15) is 4.79 Å². The van der Waals surface area contributed by atoms with Crippen molar-refractivity contribution in [2.45, 2.75) is 6.92 Å². The number of methoxy groups -OCH3 is 1. The Kier molecular flexibility index (Phi) is 5.26. The zero-order valence-electron chi connectivity index (χ0n) is 16.0. The lowest BCUT2D eigenvalue weighted by Crippen LogP contribution is -2.15. The van der Waals surface area contributed by atoms with Crippen LogP contribution in [-0.4, -0.2) is 40.2 Å². The van der Waals surface area contributed by atoms with Gasteiger partial charge in [0.25, 0.3) is 0 Å². The molecule has 0 unspecified atom stereocenters. The molecule has 1 aliphatic rings. The van der Waals surface area contributed by atoms with Crippen molar-refractivity contribution < 1.29 is 19.0 Å². The molecule has 0 amide bonds. The Morgan fingerprint density at radius 1 is 1.15 bits per heavy atom. The average molecular weight is 368 g/mol. The molecule has 0 radical (unpaired) electrons. The number of rotatable bonds is 5. The molecule has 6 nitrogen and oxygen atoms in total. The molecule has 2 aromatic carbocycles. The van der Waals surface area contributed by atoms with Gasteiger partial charge in [-0.15, -0.1) is 0 Å². The molecule has 2 N–H and O–H groups in total. The van der Waals surface area contributed by atoms with Crippen molar-refractivity contribution in [1.29, 1.82) is 0 Å². The standard InChI is InChI=1S/C21H24N2O4/c1-13(21(24)14-5-6-16(22)17(10-14)23(2)3)9-15-11-19-20(12-18(15)25-4)27-8-7-26-19/h5-6,9-12H,7-8,22H2,1-4H3. The van der Waals surface area contributed by atoms with Crippen molar-refractivity contribution in [3.8, 4) is 17.2 Å². The van der Waals surface area contributed by atoms with Crippen molar-refractivity contribution in [3.63, 3.8) is 0 Å². The van der Waals surface area contributed by atoms with Crippen molar-refractivity contribution in [2.24, 2.45) is 0 Å². The number of hydrogen-bond acceptors (Lipinski definition) is 6. The third kappa shape index (κ3) is 3.84. The fourth-order valence-corrected chi connectivity index (χ4v) is 2.97. The van der Waals surface area contributed by atoms with Crippen molar-refractivity contribution in [1.82, 2.24) is 0 Å². The fraction of sp³-hybridized carbons (Fsp3) is 0.286. The van der Waals surface area contributed by atoms with Gasteiger partial charge >= 0.3 is 0 Å². The van der Waals surface area contributed by atoms with Gasteiger partial charge in [-0.2, -0.15) is 0 Å². The van der Waals surface area contributed by atoms with E-state index in [1.165, 1.54) is 0 Å². The van der Waals surface area contributed by atoms with Gasteiger partial charge in [-0.25, -0.2) is 0 Å². The number of fused-ring (bicyclic) bond motifs is 1. The number of hydrogen-bond donors (Lipinski definition) is 1. The van der Waals surface area contributed by atoms with Crippen LogP contribution in [0, 0.1) is 0 Å². The minimum atomic E-state index is -0.0740. The quantitative estimate of drug-likeness (QED) is 0.495. The first-order valence-electron chi connectivity index (χ1n) is 8.68. The number of benzene rings is 2. The summed E-state index contributed by atoms with van der Waals surface area (Å²) in [5.41, 5.74) is 9.35. The molecule has 0 spiro atoms. The number of carbonyl (C=O) groups excluding carboxylic acids is 1. The molecule has 0 saturated heterocycles. The summed E-state index contributed by atoms with van der Waals surface area (Å²) >= 11 is 0. The monoisotopic (exact) mass is 368 g/mol. The summed E-state index contributed by atoms with van der Waals surface area (Å²) < 4.78 is 16.7. The Morgan fingerprint density at radius 2 is 1.81 bits per heavy atom.